The van der Waals surface area contributed by atoms with Crippen LogP contribution in [0.2, 0.25) is 5.02 Å². The molecule has 0 spiro atoms. The molecule has 1 amide bonds. The highest BCUT2D eigenvalue weighted by molar-refractivity contribution is 7.10. The van der Waals surface area contributed by atoms with Crippen LogP contribution in [-0.2, 0) is 0 Å². The van der Waals surface area contributed by atoms with Gasteiger partial charge in [0.1, 0.15) is 0 Å². The van der Waals surface area contributed by atoms with Crippen molar-refractivity contribution < 1.29 is 14.3 Å². The number of carbonyl (C=O) groups is 1. The van der Waals surface area contributed by atoms with Crippen molar-refractivity contribution in [3.8, 4) is 11.5 Å². The zero-order valence-corrected chi connectivity index (χ0v) is 17.3. The molecule has 1 aromatic carbocycles. The summed E-state index contributed by atoms with van der Waals surface area (Å²) in [5.41, 5.74) is 0.437. The predicted molar refractivity (Wildman–Crippen MR) is 107 cm³/mol. The van der Waals surface area contributed by atoms with Crippen molar-refractivity contribution in [1.29, 1.82) is 0 Å². The number of thiophene rings is 1. The molecular weight excluding hydrogens is 372 g/mol. The third-order valence-electron chi connectivity index (χ3n) is 3.80. The third kappa shape index (κ3) is 5.13. The normalized spacial score (nSPS) is 12.3. The molecule has 1 atom stereocenters. The van der Waals surface area contributed by atoms with E-state index in [9.17, 15) is 4.79 Å². The minimum Gasteiger partial charge on any atom is -0.493 e. The van der Waals surface area contributed by atoms with Crippen LogP contribution in [-0.4, -0.2) is 44.7 Å². The summed E-state index contributed by atoms with van der Waals surface area (Å²) < 4.78 is 11.0. The first-order valence-corrected chi connectivity index (χ1v) is 9.61. The number of likely N-dealkylation sites (N-methyl/N-ethyl adjacent to an activating group) is 1. The second-order valence-corrected chi connectivity index (χ2v) is 7.75. The maximum Gasteiger partial charge on any atom is 0.251 e. The van der Waals surface area contributed by atoms with E-state index in [0.29, 0.717) is 28.6 Å². The van der Waals surface area contributed by atoms with E-state index in [4.69, 9.17) is 21.1 Å². The molecule has 0 aliphatic rings. The zero-order valence-electron chi connectivity index (χ0n) is 15.7. The molecule has 26 heavy (non-hydrogen) atoms. The van der Waals surface area contributed by atoms with Crippen LogP contribution in [0.4, 0.5) is 0 Å². The van der Waals surface area contributed by atoms with Crippen LogP contribution in [0.3, 0.4) is 0 Å². The first-order valence-electron chi connectivity index (χ1n) is 8.35. The van der Waals surface area contributed by atoms with Gasteiger partial charge in [-0.2, -0.15) is 0 Å². The summed E-state index contributed by atoms with van der Waals surface area (Å²) >= 11 is 7.98. The molecule has 5 nitrogen and oxygen atoms in total. The van der Waals surface area contributed by atoms with Crippen molar-refractivity contribution in [1.82, 2.24) is 10.2 Å². The summed E-state index contributed by atoms with van der Waals surface area (Å²) in [6, 6.07) is 7.44. The summed E-state index contributed by atoms with van der Waals surface area (Å²) in [5, 5.41) is 5.36. The Morgan fingerprint density at radius 2 is 2.08 bits per heavy atom. The largest absolute Gasteiger partial charge is 0.493 e. The molecule has 0 saturated carbocycles. The average molecular weight is 397 g/mol. The average Bonchev–Trinajstić information content (AvgIpc) is 3.10. The van der Waals surface area contributed by atoms with Gasteiger partial charge < -0.3 is 19.7 Å². The first-order chi connectivity index (χ1) is 12.3. The Morgan fingerprint density at radius 1 is 1.35 bits per heavy atom. The highest BCUT2D eigenvalue weighted by Crippen LogP contribution is 2.37. The first kappa shape index (κ1) is 20.6. The lowest BCUT2D eigenvalue weighted by Gasteiger charge is -2.23. The van der Waals surface area contributed by atoms with Crippen LogP contribution in [0.5, 0.6) is 11.5 Å². The van der Waals surface area contributed by atoms with E-state index in [0.717, 1.165) is 0 Å². The summed E-state index contributed by atoms with van der Waals surface area (Å²) in [5.74, 6) is 0.689. The molecule has 0 unspecified atom stereocenters. The molecule has 0 radical (unpaired) electrons. The fraction of sp³-hybridized carbons (Fsp3) is 0.421. The Bertz CT molecular complexity index is 733. The smallest absolute Gasteiger partial charge is 0.251 e. The van der Waals surface area contributed by atoms with Crippen molar-refractivity contribution in [3.63, 3.8) is 0 Å². The zero-order chi connectivity index (χ0) is 19.3. The number of carbonyl (C=O) groups excluding carboxylic acids is 1. The number of halogens is 1. The summed E-state index contributed by atoms with van der Waals surface area (Å²) in [7, 11) is 5.52. The maximum atomic E-state index is 12.6. The van der Waals surface area contributed by atoms with Gasteiger partial charge in [0.05, 0.1) is 24.3 Å². The highest BCUT2D eigenvalue weighted by Gasteiger charge is 2.19. The molecule has 1 N–H and O–H groups in total. The molecule has 0 saturated heterocycles. The topological polar surface area (TPSA) is 50.8 Å². The van der Waals surface area contributed by atoms with E-state index in [1.807, 2.05) is 39.4 Å². The standard InChI is InChI=1S/C19H25ClN2O3S/c1-12(2)25-18-14(20)9-13(10-16(18)24-5)19(23)21-11-15(22(3)4)17-7-6-8-26-17/h6-10,12,15H,11H2,1-5H3,(H,21,23)/t15-/m1/s1. The van der Waals surface area contributed by atoms with Crippen molar-refractivity contribution >= 4 is 28.8 Å². The summed E-state index contributed by atoms with van der Waals surface area (Å²) in [6.07, 6.45) is -0.0484. The van der Waals surface area contributed by atoms with Crippen LogP contribution >= 0.6 is 22.9 Å². The minimum absolute atomic E-state index is 0.0484. The van der Waals surface area contributed by atoms with E-state index < -0.39 is 0 Å². The lowest BCUT2D eigenvalue weighted by atomic mass is 10.1. The van der Waals surface area contributed by atoms with E-state index in [1.165, 1.54) is 12.0 Å². The maximum absolute atomic E-state index is 12.6. The number of nitrogens with zero attached hydrogens (tertiary/aromatic N) is 1. The van der Waals surface area contributed by atoms with Crippen molar-refractivity contribution in [2.24, 2.45) is 0 Å². The van der Waals surface area contributed by atoms with E-state index in [2.05, 4.69) is 16.3 Å². The fourth-order valence-electron chi connectivity index (χ4n) is 2.51. The van der Waals surface area contributed by atoms with Gasteiger partial charge in [-0.05, 0) is 51.5 Å². The summed E-state index contributed by atoms with van der Waals surface area (Å²) in [6.45, 7) is 4.31. The van der Waals surface area contributed by atoms with Crippen molar-refractivity contribution in [3.05, 3.63) is 45.1 Å². The fourth-order valence-corrected chi connectivity index (χ4v) is 3.69. The Kier molecular flexibility index (Phi) is 7.32. The quantitative estimate of drug-likeness (QED) is 0.725. The number of methoxy groups -OCH3 is 1. The number of amides is 1. The monoisotopic (exact) mass is 396 g/mol. The van der Waals surface area contributed by atoms with E-state index >= 15 is 0 Å². The molecule has 0 bridgehead atoms. The van der Waals surface area contributed by atoms with Crippen molar-refractivity contribution in [2.75, 3.05) is 27.7 Å². The highest BCUT2D eigenvalue weighted by atomic mass is 35.5. The van der Waals surface area contributed by atoms with Gasteiger partial charge >= 0.3 is 0 Å². The lowest BCUT2D eigenvalue weighted by molar-refractivity contribution is 0.0942. The van der Waals surface area contributed by atoms with Gasteiger partial charge in [-0.1, -0.05) is 17.7 Å². The van der Waals surface area contributed by atoms with E-state index in [1.54, 1.807) is 23.5 Å². The second-order valence-electron chi connectivity index (χ2n) is 6.36. The Balaban J connectivity index is 2.15. The molecule has 2 rings (SSSR count). The lowest BCUT2D eigenvalue weighted by Crippen LogP contribution is -2.34. The van der Waals surface area contributed by atoms with Crippen LogP contribution in [0, 0.1) is 0 Å². The molecule has 0 fully saturated rings. The third-order valence-corrected chi connectivity index (χ3v) is 5.05. The molecule has 7 heteroatoms. The van der Waals surface area contributed by atoms with Gasteiger partial charge in [-0.25, -0.2) is 0 Å². The van der Waals surface area contributed by atoms with Gasteiger partial charge in [0.15, 0.2) is 11.5 Å². The number of nitrogens with one attached hydrogen (secondary N) is 1. The SMILES string of the molecule is COc1cc(C(=O)NC[C@H](c2cccs2)N(C)C)cc(Cl)c1OC(C)C. The van der Waals surface area contributed by atoms with Crippen LogP contribution in [0.1, 0.15) is 35.1 Å². The molecular formula is C19H25ClN2O3S. The van der Waals surface area contributed by atoms with Gasteiger partial charge in [0.25, 0.3) is 5.91 Å². The van der Waals surface area contributed by atoms with Crippen LogP contribution in [0.25, 0.3) is 0 Å². The molecule has 0 aliphatic heterocycles. The van der Waals surface area contributed by atoms with Gasteiger partial charge in [-0.15, -0.1) is 11.3 Å². The molecule has 1 aromatic heterocycles. The number of ether oxygens (including phenoxy) is 2. The van der Waals surface area contributed by atoms with Crippen LogP contribution < -0.4 is 14.8 Å². The number of rotatable bonds is 8. The van der Waals surface area contributed by atoms with Crippen molar-refractivity contribution in [2.45, 2.75) is 26.0 Å². The van der Waals surface area contributed by atoms with Gasteiger partial charge in [-0.3, -0.25) is 4.79 Å². The Labute approximate surface area is 163 Å². The van der Waals surface area contributed by atoms with E-state index in [-0.39, 0.29) is 18.1 Å². The molecule has 1 heterocycles. The Hall–Kier alpha value is -1.76. The molecule has 0 aliphatic carbocycles. The number of hydrogen-bond donors (Lipinski definition) is 1. The second kappa shape index (κ2) is 9.26. The number of hydrogen-bond acceptors (Lipinski definition) is 5. The van der Waals surface area contributed by atoms with Gasteiger partial charge in [0.2, 0.25) is 0 Å². The minimum atomic E-state index is -0.204. The molecule has 142 valence electrons. The van der Waals surface area contributed by atoms with Gasteiger partial charge in [0, 0.05) is 17.0 Å². The summed E-state index contributed by atoms with van der Waals surface area (Å²) in [4.78, 5) is 15.9. The predicted octanol–water partition coefficient (Wildman–Crippen LogP) is 4.23. The van der Waals surface area contributed by atoms with Crippen LogP contribution in [0.15, 0.2) is 29.6 Å². The Morgan fingerprint density at radius 3 is 2.62 bits per heavy atom. The molecule has 2 aromatic rings. The number of benzene rings is 1.